The standard InChI is InChI=1S/C23H24NOSi.C22H18N.Ir/c1-15(2)16-11-12-24-21(13-16)20-8-6-7-19-18-10-9-17(26(3,4)5)14-22(18)25-23(19)20;1-15(2)17-11-12-23-22(14-17)19-9-10-21-18(13-19)8-7-16-5-3-4-6-20(16)21;/h6-7,9-15H,1-5H3;3-8,10-15H,1-2H3;/q2*-1;. The fourth-order valence-electron chi connectivity index (χ4n) is 6.39. The van der Waals surface area contributed by atoms with E-state index in [4.69, 9.17) is 4.42 Å². The van der Waals surface area contributed by atoms with Crippen LogP contribution in [0.2, 0.25) is 19.6 Å². The van der Waals surface area contributed by atoms with E-state index >= 15 is 0 Å². The molecule has 8 aromatic rings. The van der Waals surface area contributed by atoms with Crippen molar-refractivity contribution in [3.8, 4) is 22.5 Å². The van der Waals surface area contributed by atoms with Crippen molar-refractivity contribution >= 4 is 56.7 Å². The van der Waals surface area contributed by atoms with Gasteiger partial charge in [-0.2, -0.15) is 0 Å². The van der Waals surface area contributed by atoms with Crippen LogP contribution in [-0.4, -0.2) is 18.0 Å². The molecule has 0 unspecified atom stereocenters. The molecule has 0 bridgehead atoms. The zero-order valence-corrected chi connectivity index (χ0v) is 33.2. The van der Waals surface area contributed by atoms with Crippen molar-refractivity contribution in [2.24, 2.45) is 0 Å². The van der Waals surface area contributed by atoms with Crippen molar-refractivity contribution in [3.05, 3.63) is 139 Å². The summed E-state index contributed by atoms with van der Waals surface area (Å²) in [6, 6.07) is 43.1. The van der Waals surface area contributed by atoms with E-state index in [-0.39, 0.29) is 20.1 Å². The molecular weight excluding hydrogens is 805 g/mol. The van der Waals surface area contributed by atoms with Gasteiger partial charge in [-0.3, -0.25) is 0 Å². The number of pyridine rings is 2. The van der Waals surface area contributed by atoms with Crippen LogP contribution >= 0.6 is 0 Å². The zero-order valence-electron chi connectivity index (χ0n) is 29.8. The molecule has 1 radical (unpaired) electrons. The summed E-state index contributed by atoms with van der Waals surface area (Å²) in [4.78, 5) is 9.11. The number of rotatable bonds is 5. The summed E-state index contributed by atoms with van der Waals surface area (Å²) in [7, 11) is -1.38. The predicted octanol–water partition coefficient (Wildman–Crippen LogP) is 12.1. The largest absolute Gasteiger partial charge is 0.501 e. The predicted molar refractivity (Wildman–Crippen MR) is 210 cm³/mol. The van der Waals surface area contributed by atoms with Crippen LogP contribution in [0.3, 0.4) is 0 Å². The molecule has 0 N–H and O–H groups in total. The maximum atomic E-state index is 6.33. The molecule has 3 heterocycles. The van der Waals surface area contributed by atoms with Crippen LogP contribution in [-0.2, 0) is 20.1 Å². The van der Waals surface area contributed by atoms with Gasteiger partial charge in [-0.15, -0.1) is 47.3 Å². The molecule has 5 aromatic carbocycles. The number of benzene rings is 5. The first-order chi connectivity index (χ1) is 23.6. The molecule has 50 heavy (non-hydrogen) atoms. The van der Waals surface area contributed by atoms with E-state index < -0.39 is 8.07 Å². The Hall–Kier alpha value is -4.41. The van der Waals surface area contributed by atoms with Gasteiger partial charge < -0.3 is 14.4 Å². The first-order valence-corrected chi connectivity index (χ1v) is 20.7. The van der Waals surface area contributed by atoms with Crippen molar-refractivity contribution in [2.75, 3.05) is 0 Å². The van der Waals surface area contributed by atoms with Gasteiger partial charge in [0.2, 0.25) is 0 Å². The molecule has 3 aromatic heterocycles. The zero-order chi connectivity index (χ0) is 34.3. The van der Waals surface area contributed by atoms with E-state index in [2.05, 4.69) is 166 Å². The molecule has 0 aliphatic carbocycles. The Morgan fingerprint density at radius 2 is 1.30 bits per heavy atom. The van der Waals surface area contributed by atoms with Crippen LogP contribution in [0.5, 0.6) is 0 Å². The van der Waals surface area contributed by atoms with Gasteiger partial charge in [0.1, 0.15) is 5.58 Å². The van der Waals surface area contributed by atoms with Gasteiger partial charge in [-0.1, -0.05) is 146 Å². The summed E-state index contributed by atoms with van der Waals surface area (Å²) in [6.07, 6.45) is 3.77. The molecule has 5 heteroatoms. The molecule has 0 spiro atoms. The number of aromatic nitrogens is 2. The average Bonchev–Trinajstić information content (AvgIpc) is 3.49. The molecule has 0 saturated carbocycles. The summed E-state index contributed by atoms with van der Waals surface area (Å²) in [5, 5.41) is 8.72. The third-order valence-electron chi connectivity index (χ3n) is 9.41. The Morgan fingerprint density at radius 1 is 0.620 bits per heavy atom. The second-order valence-corrected chi connectivity index (χ2v) is 19.6. The fourth-order valence-corrected chi connectivity index (χ4v) is 7.54. The smallest absolute Gasteiger partial charge is 0.120 e. The van der Waals surface area contributed by atoms with E-state index in [0.29, 0.717) is 11.8 Å². The van der Waals surface area contributed by atoms with Gasteiger partial charge in [0.25, 0.3) is 0 Å². The molecular formula is C45H42IrN2OSi-2. The van der Waals surface area contributed by atoms with E-state index in [0.717, 1.165) is 44.5 Å². The van der Waals surface area contributed by atoms with Gasteiger partial charge in [0.05, 0.1) is 13.7 Å². The van der Waals surface area contributed by atoms with Crippen molar-refractivity contribution in [3.63, 3.8) is 0 Å². The molecule has 3 nitrogen and oxygen atoms in total. The van der Waals surface area contributed by atoms with Crippen molar-refractivity contribution in [1.82, 2.24) is 9.97 Å². The number of nitrogens with zero attached hydrogens (tertiary/aromatic N) is 2. The first-order valence-electron chi connectivity index (χ1n) is 17.2. The number of hydrogen-bond acceptors (Lipinski definition) is 3. The third kappa shape index (κ3) is 7.09. The Kier molecular flexibility index (Phi) is 10.2. The fraction of sp³-hybridized carbons (Fsp3) is 0.200. The molecule has 0 amide bonds. The molecule has 0 aliphatic rings. The number of hydrogen-bond donors (Lipinski definition) is 0. The minimum atomic E-state index is -1.38. The molecule has 8 rings (SSSR count). The van der Waals surface area contributed by atoms with Crippen LogP contribution < -0.4 is 5.19 Å². The van der Waals surface area contributed by atoms with E-state index in [1.807, 2.05) is 18.5 Å². The minimum absolute atomic E-state index is 0. The van der Waals surface area contributed by atoms with Gasteiger partial charge in [-0.05, 0) is 46.8 Å². The van der Waals surface area contributed by atoms with Gasteiger partial charge in [-0.25, -0.2) is 0 Å². The molecule has 0 aliphatic heterocycles. The van der Waals surface area contributed by atoms with Gasteiger partial charge in [0, 0.05) is 37.9 Å². The second-order valence-electron chi connectivity index (χ2n) is 14.6. The van der Waals surface area contributed by atoms with Crippen LogP contribution in [0.4, 0.5) is 0 Å². The Balaban J connectivity index is 0.000000171. The Labute approximate surface area is 310 Å². The summed E-state index contributed by atoms with van der Waals surface area (Å²) in [6.45, 7) is 15.9. The average molecular weight is 847 g/mol. The summed E-state index contributed by atoms with van der Waals surface area (Å²) < 4.78 is 6.33. The Bertz CT molecular complexity index is 2460. The Morgan fingerprint density at radius 3 is 2.02 bits per heavy atom. The summed E-state index contributed by atoms with van der Waals surface area (Å²) in [5.41, 5.74) is 8.33. The summed E-state index contributed by atoms with van der Waals surface area (Å²) >= 11 is 0. The van der Waals surface area contributed by atoms with E-state index in [9.17, 15) is 0 Å². The van der Waals surface area contributed by atoms with Crippen LogP contribution in [0, 0.1) is 12.1 Å². The molecule has 253 valence electrons. The number of furan rings is 1. The summed E-state index contributed by atoms with van der Waals surface area (Å²) in [5.74, 6) is 0.965. The minimum Gasteiger partial charge on any atom is -0.501 e. The molecule has 0 fully saturated rings. The van der Waals surface area contributed by atoms with Gasteiger partial charge >= 0.3 is 0 Å². The topological polar surface area (TPSA) is 38.9 Å². The van der Waals surface area contributed by atoms with Crippen molar-refractivity contribution < 1.29 is 24.5 Å². The third-order valence-corrected chi connectivity index (χ3v) is 11.5. The van der Waals surface area contributed by atoms with E-state index in [1.165, 1.54) is 37.9 Å². The monoisotopic (exact) mass is 847 g/mol. The molecule has 0 atom stereocenters. The van der Waals surface area contributed by atoms with Crippen LogP contribution in [0.15, 0.2) is 120 Å². The normalized spacial score (nSPS) is 11.7. The maximum Gasteiger partial charge on any atom is 0.120 e. The van der Waals surface area contributed by atoms with Crippen LogP contribution in [0.1, 0.15) is 50.7 Å². The SMILES string of the molecule is CC(C)c1ccnc(-c2[c-]cc3c(ccc4ccccc43)c2)c1.CC(C)c1ccnc(-c2[c-]ccc3c2oc2cc([Si](C)(C)C)ccc23)c1.[Ir]. The van der Waals surface area contributed by atoms with Gasteiger partial charge in [0.15, 0.2) is 0 Å². The van der Waals surface area contributed by atoms with Crippen molar-refractivity contribution in [2.45, 2.75) is 59.2 Å². The first kappa shape index (κ1) is 35.4. The quantitative estimate of drug-likeness (QED) is 0.0984. The van der Waals surface area contributed by atoms with Crippen molar-refractivity contribution in [1.29, 1.82) is 0 Å². The second kappa shape index (κ2) is 14.4. The van der Waals surface area contributed by atoms with Crippen LogP contribution in [0.25, 0.3) is 66.0 Å². The maximum absolute atomic E-state index is 6.33. The number of fused-ring (bicyclic) bond motifs is 6. The molecule has 0 saturated heterocycles. The van der Waals surface area contributed by atoms with E-state index in [1.54, 1.807) is 0 Å².